The first kappa shape index (κ1) is 22.5. The normalized spacial score (nSPS) is 11.6. The van der Waals surface area contributed by atoms with E-state index in [2.05, 4.69) is 35.6 Å². The Morgan fingerprint density at radius 3 is 2.36 bits per heavy atom. The van der Waals surface area contributed by atoms with E-state index in [0.717, 1.165) is 17.0 Å². The average molecular weight is 467 g/mol. The van der Waals surface area contributed by atoms with Gasteiger partial charge in [-0.1, -0.05) is 6.07 Å². The van der Waals surface area contributed by atoms with Crippen LogP contribution in [0.25, 0.3) is 11.2 Å². The number of hydrogen-bond donors (Lipinski definition) is 3. The number of pyridine rings is 1. The number of sulfonamides is 1. The van der Waals surface area contributed by atoms with Crippen LogP contribution < -0.4 is 14.9 Å². The SMILES string of the molecule is Cc1ccc(Nc2cc(Nc3cnc(C)c(C)n3)nc3nc(C)[nH]c23)c(N(C)S(C)(=O)=O)c1. The van der Waals surface area contributed by atoms with Gasteiger partial charge in [0.25, 0.3) is 0 Å². The molecule has 0 aliphatic rings. The minimum absolute atomic E-state index is 0.516. The van der Waals surface area contributed by atoms with E-state index in [1.54, 1.807) is 6.20 Å². The Bertz CT molecular complexity index is 1460. The monoisotopic (exact) mass is 466 g/mol. The van der Waals surface area contributed by atoms with E-state index in [-0.39, 0.29) is 0 Å². The quantitative estimate of drug-likeness (QED) is 0.391. The van der Waals surface area contributed by atoms with Crippen LogP contribution in [0.5, 0.6) is 0 Å². The van der Waals surface area contributed by atoms with Gasteiger partial charge in [-0.05, 0) is 45.4 Å². The Labute approximate surface area is 192 Å². The maximum absolute atomic E-state index is 12.2. The molecule has 0 amide bonds. The van der Waals surface area contributed by atoms with Gasteiger partial charge in [0.15, 0.2) is 5.65 Å². The molecule has 4 aromatic rings. The van der Waals surface area contributed by atoms with Gasteiger partial charge in [-0.2, -0.15) is 0 Å². The van der Waals surface area contributed by atoms with Crippen molar-refractivity contribution in [3.63, 3.8) is 0 Å². The molecule has 10 nitrogen and oxygen atoms in total. The van der Waals surface area contributed by atoms with Crippen molar-refractivity contribution in [2.75, 3.05) is 28.2 Å². The molecule has 0 saturated carbocycles. The molecule has 0 aliphatic carbocycles. The number of aromatic amines is 1. The molecule has 0 saturated heterocycles. The van der Waals surface area contributed by atoms with Crippen LogP contribution in [0, 0.1) is 27.7 Å². The Morgan fingerprint density at radius 2 is 1.67 bits per heavy atom. The fourth-order valence-corrected chi connectivity index (χ4v) is 3.84. The molecule has 3 heterocycles. The summed E-state index contributed by atoms with van der Waals surface area (Å²) in [6, 6.07) is 7.41. The van der Waals surface area contributed by atoms with E-state index in [0.29, 0.717) is 45.7 Å². The lowest BCUT2D eigenvalue weighted by Gasteiger charge is -2.22. The van der Waals surface area contributed by atoms with Crippen molar-refractivity contribution in [1.29, 1.82) is 0 Å². The third-order valence-corrected chi connectivity index (χ3v) is 6.48. The fraction of sp³-hybridized carbons (Fsp3) is 0.273. The summed E-state index contributed by atoms with van der Waals surface area (Å²) in [5, 5.41) is 6.55. The number of H-pyrrole nitrogens is 1. The number of nitrogens with one attached hydrogen (secondary N) is 3. The van der Waals surface area contributed by atoms with Crippen molar-refractivity contribution in [3.8, 4) is 0 Å². The first-order valence-corrected chi connectivity index (χ1v) is 12.1. The summed E-state index contributed by atoms with van der Waals surface area (Å²) in [6.07, 6.45) is 2.82. The van der Waals surface area contributed by atoms with Crippen molar-refractivity contribution in [2.24, 2.45) is 0 Å². The minimum Gasteiger partial charge on any atom is -0.352 e. The van der Waals surface area contributed by atoms with Crippen LogP contribution in [-0.4, -0.2) is 46.6 Å². The second-order valence-electron chi connectivity index (χ2n) is 8.00. The summed E-state index contributed by atoms with van der Waals surface area (Å²) < 4.78 is 25.7. The molecule has 172 valence electrons. The van der Waals surface area contributed by atoms with Crippen LogP contribution >= 0.6 is 0 Å². The summed E-state index contributed by atoms with van der Waals surface area (Å²) in [6.45, 7) is 7.56. The molecular formula is C22H26N8O2S. The lowest BCUT2D eigenvalue weighted by molar-refractivity contribution is 0.600. The van der Waals surface area contributed by atoms with Crippen LogP contribution in [0.3, 0.4) is 0 Å². The number of aryl methyl sites for hydroxylation is 4. The largest absolute Gasteiger partial charge is 0.352 e. The van der Waals surface area contributed by atoms with E-state index in [1.165, 1.54) is 17.6 Å². The minimum atomic E-state index is -3.45. The molecule has 0 spiro atoms. The highest BCUT2D eigenvalue weighted by atomic mass is 32.2. The van der Waals surface area contributed by atoms with E-state index >= 15 is 0 Å². The van der Waals surface area contributed by atoms with Crippen molar-refractivity contribution < 1.29 is 8.42 Å². The van der Waals surface area contributed by atoms with Gasteiger partial charge in [0.2, 0.25) is 10.0 Å². The summed E-state index contributed by atoms with van der Waals surface area (Å²) in [7, 11) is -1.92. The van der Waals surface area contributed by atoms with Gasteiger partial charge in [-0.15, -0.1) is 0 Å². The van der Waals surface area contributed by atoms with Crippen LogP contribution in [0.2, 0.25) is 0 Å². The maximum atomic E-state index is 12.2. The van der Waals surface area contributed by atoms with Crippen LogP contribution in [0.15, 0.2) is 30.5 Å². The number of nitrogens with zero attached hydrogens (tertiary/aromatic N) is 5. The summed E-state index contributed by atoms with van der Waals surface area (Å²) >= 11 is 0. The first-order chi connectivity index (χ1) is 15.5. The Morgan fingerprint density at radius 1 is 0.909 bits per heavy atom. The van der Waals surface area contributed by atoms with Gasteiger partial charge < -0.3 is 15.6 Å². The zero-order valence-corrected chi connectivity index (χ0v) is 20.2. The predicted octanol–water partition coefficient (Wildman–Crippen LogP) is 3.86. The molecule has 33 heavy (non-hydrogen) atoms. The lowest BCUT2D eigenvalue weighted by Crippen LogP contribution is -2.25. The molecule has 3 N–H and O–H groups in total. The molecule has 0 atom stereocenters. The number of hydrogen-bond acceptors (Lipinski definition) is 8. The van der Waals surface area contributed by atoms with Crippen LogP contribution in [0.1, 0.15) is 22.8 Å². The number of benzene rings is 1. The summed E-state index contributed by atoms with van der Waals surface area (Å²) in [5.41, 5.74) is 5.70. The Hall–Kier alpha value is -3.73. The molecule has 0 unspecified atom stereocenters. The van der Waals surface area contributed by atoms with Crippen LogP contribution in [-0.2, 0) is 10.0 Å². The first-order valence-electron chi connectivity index (χ1n) is 10.3. The molecule has 4 rings (SSSR count). The number of aromatic nitrogens is 5. The lowest BCUT2D eigenvalue weighted by atomic mass is 10.2. The third kappa shape index (κ3) is 4.72. The van der Waals surface area contributed by atoms with E-state index < -0.39 is 10.0 Å². The fourth-order valence-electron chi connectivity index (χ4n) is 3.33. The van der Waals surface area contributed by atoms with Crippen molar-refractivity contribution in [2.45, 2.75) is 27.7 Å². The maximum Gasteiger partial charge on any atom is 0.232 e. The molecule has 0 bridgehead atoms. The average Bonchev–Trinajstić information content (AvgIpc) is 3.11. The number of rotatable bonds is 6. The molecular weight excluding hydrogens is 440 g/mol. The second-order valence-corrected chi connectivity index (χ2v) is 10.0. The Balaban J connectivity index is 1.79. The Kier molecular flexibility index (Phi) is 5.66. The van der Waals surface area contributed by atoms with E-state index in [1.807, 2.05) is 52.0 Å². The molecule has 11 heteroatoms. The molecule has 1 aromatic carbocycles. The van der Waals surface area contributed by atoms with Crippen LogP contribution in [0.4, 0.5) is 28.7 Å². The van der Waals surface area contributed by atoms with Gasteiger partial charge in [0, 0.05) is 13.1 Å². The second kappa shape index (κ2) is 8.32. The van der Waals surface area contributed by atoms with Crippen molar-refractivity contribution in [3.05, 3.63) is 53.2 Å². The third-order valence-electron chi connectivity index (χ3n) is 5.29. The van der Waals surface area contributed by atoms with Gasteiger partial charge in [-0.25, -0.2) is 23.4 Å². The number of imidazole rings is 1. The molecule has 3 aromatic heterocycles. The topological polar surface area (TPSA) is 129 Å². The highest BCUT2D eigenvalue weighted by Gasteiger charge is 2.18. The standard InChI is InChI=1S/C22H26N8O2S/c1-12-7-8-16(18(9-12)30(5)33(6,31)32)27-17-10-19(29-22-21(17)25-15(4)26-22)28-20-11-23-13(2)14(3)24-20/h7-11H,1-6H3,(H3,24,25,26,27,28,29). The summed E-state index contributed by atoms with van der Waals surface area (Å²) in [5.74, 6) is 1.80. The number of fused-ring (bicyclic) bond motifs is 1. The number of anilines is 5. The van der Waals surface area contributed by atoms with E-state index in [4.69, 9.17) is 0 Å². The van der Waals surface area contributed by atoms with Crippen molar-refractivity contribution in [1.82, 2.24) is 24.9 Å². The highest BCUT2D eigenvalue weighted by molar-refractivity contribution is 7.92. The molecule has 0 fully saturated rings. The van der Waals surface area contributed by atoms with Gasteiger partial charge in [0.1, 0.15) is 23.0 Å². The molecule has 0 radical (unpaired) electrons. The predicted molar refractivity (Wildman–Crippen MR) is 131 cm³/mol. The van der Waals surface area contributed by atoms with Gasteiger partial charge in [0.05, 0.1) is 40.9 Å². The van der Waals surface area contributed by atoms with Gasteiger partial charge >= 0.3 is 0 Å². The smallest absolute Gasteiger partial charge is 0.232 e. The zero-order chi connectivity index (χ0) is 23.9. The molecule has 0 aliphatic heterocycles. The van der Waals surface area contributed by atoms with Crippen molar-refractivity contribution >= 4 is 49.9 Å². The van der Waals surface area contributed by atoms with E-state index in [9.17, 15) is 8.42 Å². The van der Waals surface area contributed by atoms with Gasteiger partial charge in [-0.3, -0.25) is 9.29 Å². The zero-order valence-electron chi connectivity index (χ0n) is 19.3. The summed E-state index contributed by atoms with van der Waals surface area (Å²) in [4.78, 5) is 21.1. The highest BCUT2D eigenvalue weighted by Crippen LogP contribution is 2.34.